The molecule has 0 aliphatic carbocycles. The Balaban J connectivity index is 2.05. The molecule has 0 heterocycles. The van der Waals surface area contributed by atoms with Crippen molar-refractivity contribution in [2.24, 2.45) is 5.73 Å². The van der Waals surface area contributed by atoms with Gasteiger partial charge in [0, 0.05) is 16.3 Å². The van der Waals surface area contributed by atoms with Crippen molar-refractivity contribution in [2.45, 2.75) is 26.2 Å². The molecule has 0 saturated carbocycles. The number of carbonyl (C=O) groups is 1. The minimum absolute atomic E-state index is 0.133. The van der Waals surface area contributed by atoms with Gasteiger partial charge >= 0.3 is 5.97 Å². The van der Waals surface area contributed by atoms with Gasteiger partial charge < -0.3 is 15.2 Å². The molecule has 0 saturated heterocycles. The van der Waals surface area contributed by atoms with E-state index >= 15 is 0 Å². The molecule has 154 valence electrons. The van der Waals surface area contributed by atoms with Crippen molar-refractivity contribution >= 4 is 44.4 Å². The van der Waals surface area contributed by atoms with Crippen LogP contribution >= 0.6 is 27.7 Å². The Hall–Kier alpha value is -2.25. The highest BCUT2D eigenvalue weighted by Gasteiger charge is 2.07. The first kappa shape index (κ1) is 23.0. The molecule has 0 spiro atoms. The van der Waals surface area contributed by atoms with Crippen LogP contribution in [0.5, 0.6) is 11.5 Å². The number of hydrogen-bond acceptors (Lipinski definition) is 5. The zero-order valence-corrected chi connectivity index (χ0v) is 18.7. The molecule has 0 aliphatic heterocycles. The van der Waals surface area contributed by atoms with Gasteiger partial charge in [0.05, 0.1) is 6.61 Å². The molecule has 7 heteroatoms. The van der Waals surface area contributed by atoms with Crippen LogP contribution in [0.2, 0.25) is 0 Å². The molecule has 0 atom stereocenters. The number of thioether (sulfide) groups is 1. The number of hydrogen-bond donors (Lipinski definition) is 2. The number of carbonyl (C=O) groups excluding carboxylic acids is 1. The maximum absolute atomic E-state index is 12.0. The van der Waals surface area contributed by atoms with Crippen LogP contribution in [-0.2, 0) is 9.53 Å². The Morgan fingerprint density at radius 2 is 1.72 bits per heavy atom. The molecule has 0 radical (unpaired) electrons. The van der Waals surface area contributed by atoms with E-state index in [0.29, 0.717) is 6.61 Å². The Morgan fingerprint density at radius 1 is 1.10 bits per heavy atom. The van der Waals surface area contributed by atoms with Gasteiger partial charge in [-0.05, 0) is 73.7 Å². The Kier molecular flexibility index (Phi) is 9.80. The first-order valence-electron chi connectivity index (χ1n) is 9.36. The molecule has 3 N–H and O–H groups in total. The van der Waals surface area contributed by atoms with Gasteiger partial charge in [-0.15, -0.1) is 0 Å². The van der Waals surface area contributed by atoms with Crippen LogP contribution in [0, 0.1) is 5.41 Å². The fourth-order valence-electron chi connectivity index (χ4n) is 2.60. The molecular formula is C22H25BrN2O3S. The lowest BCUT2D eigenvalue weighted by Gasteiger charge is -2.10. The van der Waals surface area contributed by atoms with E-state index < -0.39 is 0 Å². The first-order chi connectivity index (χ1) is 14.0. The summed E-state index contributed by atoms with van der Waals surface area (Å²) in [4.78, 5) is 12.0. The van der Waals surface area contributed by atoms with E-state index in [2.05, 4.69) is 15.9 Å². The van der Waals surface area contributed by atoms with E-state index in [1.807, 2.05) is 48.5 Å². The lowest BCUT2D eigenvalue weighted by atomic mass is 10.00. The fraction of sp³-hybridized carbons (Fsp3) is 0.273. The van der Waals surface area contributed by atoms with E-state index in [1.54, 1.807) is 13.0 Å². The highest BCUT2D eigenvalue weighted by molar-refractivity contribution is 9.10. The number of benzene rings is 2. The smallest absolute Gasteiger partial charge is 0.331 e. The van der Waals surface area contributed by atoms with Gasteiger partial charge in [0.25, 0.3) is 0 Å². The number of ether oxygens (including phenoxy) is 2. The molecule has 0 aliphatic rings. The number of nitrogens with one attached hydrogen (secondary N) is 1. The van der Waals surface area contributed by atoms with Crippen molar-refractivity contribution in [3.63, 3.8) is 0 Å². The van der Waals surface area contributed by atoms with Gasteiger partial charge in [0.15, 0.2) is 5.17 Å². The summed E-state index contributed by atoms with van der Waals surface area (Å²) in [7, 11) is 0. The van der Waals surface area contributed by atoms with Gasteiger partial charge in [-0.25, -0.2) is 4.79 Å². The summed E-state index contributed by atoms with van der Waals surface area (Å²) in [5, 5.41) is 7.39. The predicted octanol–water partition coefficient (Wildman–Crippen LogP) is 5.98. The molecule has 0 amide bonds. The number of amidine groups is 1. The number of esters is 1. The SMILES string of the molecule is CCOC(=O)/C=C(/CCCCSC(=N)N)c1ccc(Oc2ccc(Br)cc2)cc1. The Morgan fingerprint density at radius 3 is 2.31 bits per heavy atom. The molecule has 2 rings (SSSR count). The van der Waals surface area contributed by atoms with Crippen LogP contribution in [0.1, 0.15) is 31.7 Å². The standard InChI is InChI=1S/C22H25BrN2O3S/c1-2-27-21(26)15-17(5-3-4-14-29-22(24)25)16-6-10-19(11-7-16)28-20-12-8-18(23)9-13-20/h6-13,15H,2-5,14H2,1H3,(H3,24,25)/b17-15-. The zero-order chi connectivity index (χ0) is 21.1. The lowest BCUT2D eigenvalue weighted by molar-refractivity contribution is -0.137. The normalized spacial score (nSPS) is 11.2. The van der Waals surface area contributed by atoms with Crippen LogP contribution in [0.4, 0.5) is 0 Å². The van der Waals surface area contributed by atoms with Crippen molar-refractivity contribution in [3.8, 4) is 11.5 Å². The van der Waals surface area contributed by atoms with Gasteiger partial charge in [-0.2, -0.15) is 0 Å². The Bertz CT molecular complexity index is 836. The summed E-state index contributed by atoms with van der Waals surface area (Å²) >= 11 is 4.74. The van der Waals surface area contributed by atoms with Crippen molar-refractivity contribution in [3.05, 3.63) is 64.6 Å². The monoisotopic (exact) mass is 476 g/mol. The topological polar surface area (TPSA) is 85.4 Å². The Labute approximate surface area is 184 Å². The second-order valence-electron chi connectivity index (χ2n) is 6.17. The quantitative estimate of drug-likeness (QED) is 0.144. The number of nitrogens with two attached hydrogens (primary N) is 1. The van der Waals surface area contributed by atoms with Crippen molar-refractivity contribution in [2.75, 3.05) is 12.4 Å². The average molecular weight is 477 g/mol. The van der Waals surface area contributed by atoms with Crippen molar-refractivity contribution < 1.29 is 14.3 Å². The molecule has 0 bridgehead atoms. The molecule has 29 heavy (non-hydrogen) atoms. The van der Waals surface area contributed by atoms with Crippen molar-refractivity contribution in [1.29, 1.82) is 5.41 Å². The fourth-order valence-corrected chi connectivity index (χ4v) is 3.43. The minimum atomic E-state index is -0.337. The molecule has 2 aromatic carbocycles. The summed E-state index contributed by atoms with van der Waals surface area (Å²) in [6.07, 6.45) is 4.11. The third-order valence-corrected chi connectivity index (χ3v) is 5.28. The van der Waals surface area contributed by atoms with Gasteiger partial charge in [-0.3, -0.25) is 5.41 Å². The van der Waals surface area contributed by atoms with Crippen LogP contribution in [-0.4, -0.2) is 23.5 Å². The predicted molar refractivity (Wildman–Crippen MR) is 123 cm³/mol. The summed E-state index contributed by atoms with van der Waals surface area (Å²) < 4.78 is 11.9. The number of unbranched alkanes of at least 4 members (excludes halogenated alkanes) is 1. The zero-order valence-electron chi connectivity index (χ0n) is 16.3. The number of allylic oxidation sites excluding steroid dienone is 1. The third kappa shape index (κ3) is 8.75. The van der Waals surface area contributed by atoms with Gasteiger partial charge in [0.1, 0.15) is 11.5 Å². The summed E-state index contributed by atoms with van der Waals surface area (Å²) in [6.45, 7) is 2.14. The third-order valence-electron chi connectivity index (χ3n) is 3.95. The largest absolute Gasteiger partial charge is 0.463 e. The molecular weight excluding hydrogens is 452 g/mol. The molecule has 0 fully saturated rings. The van der Waals surface area contributed by atoms with E-state index in [9.17, 15) is 4.79 Å². The summed E-state index contributed by atoms with van der Waals surface area (Å²) in [6, 6.07) is 15.3. The minimum Gasteiger partial charge on any atom is -0.463 e. The summed E-state index contributed by atoms with van der Waals surface area (Å²) in [5.74, 6) is 1.94. The lowest BCUT2D eigenvalue weighted by Crippen LogP contribution is -2.04. The number of halogens is 1. The molecule has 0 aromatic heterocycles. The van der Waals surface area contributed by atoms with Crippen LogP contribution in [0.15, 0.2) is 59.1 Å². The van der Waals surface area contributed by atoms with E-state index in [0.717, 1.165) is 52.1 Å². The highest BCUT2D eigenvalue weighted by Crippen LogP contribution is 2.27. The maximum atomic E-state index is 12.0. The first-order valence-corrected chi connectivity index (χ1v) is 11.1. The maximum Gasteiger partial charge on any atom is 0.331 e. The molecule has 2 aromatic rings. The van der Waals surface area contributed by atoms with Crippen LogP contribution in [0.3, 0.4) is 0 Å². The average Bonchev–Trinajstić information content (AvgIpc) is 2.69. The summed E-state index contributed by atoms with van der Waals surface area (Å²) in [5.41, 5.74) is 7.24. The van der Waals surface area contributed by atoms with Crippen molar-refractivity contribution in [1.82, 2.24) is 0 Å². The van der Waals surface area contributed by atoms with Gasteiger partial charge in [0.2, 0.25) is 0 Å². The van der Waals surface area contributed by atoms with Crippen LogP contribution in [0.25, 0.3) is 5.57 Å². The second-order valence-corrected chi connectivity index (χ2v) is 8.22. The van der Waals surface area contributed by atoms with E-state index in [-0.39, 0.29) is 11.1 Å². The van der Waals surface area contributed by atoms with E-state index in [1.165, 1.54) is 11.8 Å². The number of rotatable bonds is 10. The van der Waals surface area contributed by atoms with Crippen LogP contribution < -0.4 is 10.5 Å². The highest BCUT2D eigenvalue weighted by atomic mass is 79.9. The molecule has 5 nitrogen and oxygen atoms in total. The molecule has 0 unspecified atom stereocenters. The van der Waals surface area contributed by atoms with Gasteiger partial charge in [-0.1, -0.05) is 39.8 Å². The van der Waals surface area contributed by atoms with E-state index in [4.69, 9.17) is 20.6 Å². The second kappa shape index (κ2) is 12.3.